The molecular weight excluding hydrogens is 336 g/mol. The molecule has 1 aliphatic heterocycles. The lowest BCUT2D eigenvalue weighted by Gasteiger charge is -2.32. The summed E-state index contributed by atoms with van der Waals surface area (Å²) in [5.41, 5.74) is 1.56. The van der Waals surface area contributed by atoms with Crippen molar-refractivity contribution < 1.29 is 14.7 Å². The number of carbonyl (C=O) groups excluding carboxylic acids is 1. The van der Waals surface area contributed by atoms with Crippen LogP contribution in [0.5, 0.6) is 0 Å². The maximum atomic E-state index is 13.1. The van der Waals surface area contributed by atoms with Gasteiger partial charge in [0.25, 0.3) is 5.91 Å². The number of aryl methyl sites for hydroxylation is 1. The molecule has 1 amide bonds. The number of rotatable bonds is 5. The number of aromatic nitrogens is 5. The Morgan fingerprint density at radius 2 is 2.08 bits per heavy atom. The van der Waals surface area contributed by atoms with E-state index in [4.69, 9.17) is 5.11 Å². The van der Waals surface area contributed by atoms with E-state index in [-0.39, 0.29) is 17.6 Å². The topological polar surface area (TPSA) is 106 Å². The zero-order chi connectivity index (χ0) is 18.3. The smallest absolute Gasteiger partial charge is 0.358 e. The van der Waals surface area contributed by atoms with E-state index in [9.17, 15) is 9.59 Å². The number of likely N-dealkylation sites (tertiary alicyclic amines) is 1. The zero-order valence-corrected chi connectivity index (χ0v) is 14.7. The molecule has 9 heteroatoms. The van der Waals surface area contributed by atoms with Gasteiger partial charge in [-0.1, -0.05) is 5.21 Å². The average molecular weight is 358 g/mol. The highest BCUT2D eigenvalue weighted by molar-refractivity contribution is 5.95. The normalized spacial score (nSPS) is 20.3. The Labute approximate surface area is 150 Å². The third-order valence-electron chi connectivity index (χ3n) is 5.10. The molecule has 138 valence electrons. The van der Waals surface area contributed by atoms with E-state index >= 15 is 0 Å². The third-order valence-corrected chi connectivity index (χ3v) is 5.10. The van der Waals surface area contributed by atoms with Crippen molar-refractivity contribution in [2.75, 3.05) is 13.1 Å². The quantitative estimate of drug-likeness (QED) is 0.869. The molecule has 1 unspecified atom stereocenters. The van der Waals surface area contributed by atoms with Crippen LogP contribution < -0.4 is 0 Å². The molecule has 0 radical (unpaired) electrons. The molecule has 2 fully saturated rings. The number of hydrogen-bond donors (Lipinski definition) is 1. The number of piperidine rings is 1. The number of aromatic carboxylic acids is 1. The molecule has 2 aromatic heterocycles. The molecule has 3 heterocycles. The van der Waals surface area contributed by atoms with Gasteiger partial charge in [-0.25, -0.2) is 9.48 Å². The molecule has 0 spiro atoms. The minimum absolute atomic E-state index is 0.00914. The van der Waals surface area contributed by atoms with Crippen molar-refractivity contribution in [3.8, 4) is 0 Å². The standard InChI is InChI=1S/C17H22N6O3/c1-2-22-9-13(15(19-22)11-5-6-11)16(24)21-7-3-4-12(8-21)23-10-14(17(25)26)18-20-23/h9-12H,2-8H2,1H3,(H,25,26). The molecule has 1 aliphatic carbocycles. The zero-order valence-electron chi connectivity index (χ0n) is 14.7. The van der Waals surface area contributed by atoms with Crippen LogP contribution in [0.25, 0.3) is 0 Å². The highest BCUT2D eigenvalue weighted by atomic mass is 16.4. The number of carbonyl (C=O) groups is 2. The van der Waals surface area contributed by atoms with Gasteiger partial charge in [0.2, 0.25) is 0 Å². The van der Waals surface area contributed by atoms with Crippen molar-refractivity contribution in [1.82, 2.24) is 29.7 Å². The first kappa shape index (κ1) is 16.7. The predicted octanol–water partition coefficient (Wildman–Crippen LogP) is 1.55. The molecule has 1 atom stereocenters. The number of nitrogens with zero attached hydrogens (tertiary/aromatic N) is 6. The van der Waals surface area contributed by atoms with Crippen LogP contribution in [0, 0.1) is 0 Å². The molecule has 9 nitrogen and oxygen atoms in total. The molecule has 1 N–H and O–H groups in total. The number of carboxylic acid groups (broad SMARTS) is 1. The minimum Gasteiger partial charge on any atom is -0.476 e. The van der Waals surface area contributed by atoms with E-state index in [0.717, 1.165) is 37.9 Å². The van der Waals surface area contributed by atoms with Gasteiger partial charge in [-0.15, -0.1) is 5.10 Å². The van der Waals surface area contributed by atoms with Crippen LogP contribution in [0.3, 0.4) is 0 Å². The lowest BCUT2D eigenvalue weighted by atomic mass is 10.0. The Hall–Kier alpha value is -2.71. The average Bonchev–Trinajstić information content (AvgIpc) is 3.21. The Morgan fingerprint density at radius 1 is 1.27 bits per heavy atom. The maximum absolute atomic E-state index is 13.1. The first-order valence-electron chi connectivity index (χ1n) is 9.08. The van der Waals surface area contributed by atoms with Crippen LogP contribution in [0.15, 0.2) is 12.4 Å². The molecule has 0 bridgehead atoms. The second kappa shape index (κ2) is 6.54. The summed E-state index contributed by atoms with van der Waals surface area (Å²) in [6, 6.07) is -0.0566. The Balaban J connectivity index is 1.53. The van der Waals surface area contributed by atoms with Crippen LogP contribution in [0.1, 0.15) is 71.1 Å². The lowest BCUT2D eigenvalue weighted by Crippen LogP contribution is -2.41. The van der Waals surface area contributed by atoms with Gasteiger partial charge in [-0.3, -0.25) is 9.48 Å². The fraction of sp³-hybridized carbons (Fsp3) is 0.588. The summed E-state index contributed by atoms with van der Waals surface area (Å²) in [5, 5.41) is 21.2. The monoisotopic (exact) mass is 358 g/mol. The minimum atomic E-state index is -1.10. The van der Waals surface area contributed by atoms with Gasteiger partial charge in [0.05, 0.1) is 23.5 Å². The fourth-order valence-electron chi connectivity index (χ4n) is 3.50. The van der Waals surface area contributed by atoms with Crippen LogP contribution in [0.2, 0.25) is 0 Å². The first-order valence-corrected chi connectivity index (χ1v) is 9.08. The van der Waals surface area contributed by atoms with Gasteiger partial charge in [0.1, 0.15) is 0 Å². The van der Waals surface area contributed by atoms with E-state index in [1.807, 2.05) is 22.7 Å². The molecular formula is C17H22N6O3. The molecule has 0 aromatic carbocycles. The molecule has 2 aliphatic rings. The Bertz CT molecular complexity index is 837. The molecule has 4 rings (SSSR count). The van der Waals surface area contributed by atoms with Gasteiger partial charge >= 0.3 is 5.97 Å². The van der Waals surface area contributed by atoms with Gasteiger partial charge in [-0.05, 0) is 32.6 Å². The van der Waals surface area contributed by atoms with Crippen molar-refractivity contribution in [3.05, 3.63) is 29.3 Å². The van der Waals surface area contributed by atoms with Crippen molar-refractivity contribution in [3.63, 3.8) is 0 Å². The predicted molar refractivity (Wildman–Crippen MR) is 91.0 cm³/mol. The fourth-order valence-corrected chi connectivity index (χ4v) is 3.50. The van der Waals surface area contributed by atoms with Gasteiger partial charge in [0.15, 0.2) is 5.69 Å². The van der Waals surface area contributed by atoms with E-state index in [2.05, 4.69) is 15.4 Å². The van der Waals surface area contributed by atoms with Crippen molar-refractivity contribution in [1.29, 1.82) is 0 Å². The first-order chi connectivity index (χ1) is 12.6. The van der Waals surface area contributed by atoms with Crippen molar-refractivity contribution in [2.24, 2.45) is 0 Å². The second-order valence-corrected chi connectivity index (χ2v) is 6.99. The highest BCUT2D eigenvalue weighted by Gasteiger charge is 2.34. The van der Waals surface area contributed by atoms with E-state index in [1.54, 1.807) is 4.68 Å². The molecule has 26 heavy (non-hydrogen) atoms. The Morgan fingerprint density at radius 3 is 2.73 bits per heavy atom. The van der Waals surface area contributed by atoms with E-state index < -0.39 is 5.97 Å². The number of carboxylic acids is 1. The SMILES string of the molecule is CCn1cc(C(=O)N2CCCC(n3cc(C(=O)O)nn3)C2)c(C2CC2)n1. The van der Waals surface area contributed by atoms with Crippen LogP contribution in [-0.4, -0.2) is 59.7 Å². The summed E-state index contributed by atoms with van der Waals surface area (Å²) in [6.45, 7) is 3.95. The van der Waals surface area contributed by atoms with Crippen molar-refractivity contribution in [2.45, 2.75) is 51.1 Å². The van der Waals surface area contributed by atoms with Crippen LogP contribution in [-0.2, 0) is 6.54 Å². The summed E-state index contributed by atoms with van der Waals surface area (Å²) < 4.78 is 3.40. The van der Waals surface area contributed by atoms with Gasteiger partial charge < -0.3 is 10.0 Å². The summed E-state index contributed by atoms with van der Waals surface area (Å²) in [6.07, 6.45) is 7.18. The van der Waals surface area contributed by atoms with E-state index in [1.165, 1.54) is 6.20 Å². The maximum Gasteiger partial charge on any atom is 0.358 e. The van der Waals surface area contributed by atoms with Gasteiger partial charge in [0, 0.05) is 31.7 Å². The van der Waals surface area contributed by atoms with Gasteiger partial charge in [-0.2, -0.15) is 5.10 Å². The molecule has 1 saturated carbocycles. The van der Waals surface area contributed by atoms with Crippen LogP contribution in [0.4, 0.5) is 0 Å². The summed E-state index contributed by atoms with van der Waals surface area (Å²) in [5.74, 6) is -0.674. The summed E-state index contributed by atoms with van der Waals surface area (Å²) >= 11 is 0. The van der Waals surface area contributed by atoms with Crippen LogP contribution >= 0.6 is 0 Å². The highest BCUT2D eigenvalue weighted by Crippen LogP contribution is 2.41. The summed E-state index contributed by atoms with van der Waals surface area (Å²) in [7, 11) is 0. The number of hydrogen-bond acceptors (Lipinski definition) is 5. The lowest BCUT2D eigenvalue weighted by molar-refractivity contribution is 0.0665. The summed E-state index contributed by atoms with van der Waals surface area (Å²) in [4.78, 5) is 25.9. The van der Waals surface area contributed by atoms with Crippen molar-refractivity contribution >= 4 is 11.9 Å². The molecule has 1 saturated heterocycles. The third kappa shape index (κ3) is 3.09. The largest absolute Gasteiger partial charge is 0.476 e. The Kier molecular flexibility index (Phi) is 4.21. The molecule has 2 aromatic rings. The number of amides is 1. The van der Waals surface area contributed by atoms with E-state index in [0.29, 0.717) is 24.6 Å². The second-order valence-electron chi connectivity index (χ2n) is 6.99.